The highest BCUT2D eigenvalue weighted by atomic mass is 32.2. The van der Waals surface area contributed by atoms with Crippen LogP contribution in [0, 0.1) is 0 Å². The Bertz CT molecular complexity index is 613. The average molecular weight is 266 g/mol. The minimum atomic E-state index is -3.81. The van der Waals surface area contributed by atoms with Gasteiger partial charge in [-0.05, 0) is 11.6 Å². The summed E-state index contributed by atoms with van der Waals surface area (Å²) in [5.41, 5.74) is 6.14. The smallest absolute Gasteiger partial charge is 0.281 e. The Morgan fingerprint density at radius 2 is 2.06 bits per heavy atom. The van der Waals surface area contributed by atoms with Crippen LogP contribution >= 0.6 is 0 Å². The van der Waals surface area contributed by atoms with E-state index in [2.05, 4.69) is 24.9 Å². The summed E-state index contributed by atoms with van der Waals surface area (Å²) >= 11 is 0. The first-order valence-corrected chi connectivity index (χ1v) is 6.41. The van der Waals surface area contributed by atoms with Crippen LogP contribution in [-0.4, -0.2) is 28.6 Å². The number of pyridine rings is 1. The maximum atomic E-state index is 11.9. The molecule has 2 rings (SSSR count). The van der Waals surface area contributed by atoms with Gasteiger partial charge in [0.05, 0.1) is 12.4 Å². The van der Waals surface area contributed by atoms with E-state index in [0.717, 1.165) is 5.56 Å². The number of nitrogens with one attached hydrogen (secondary N) is 1. The lowest BCUT2D eigenvalue weighted by molar-refractivity contribution is 0.597. The van der Waals surface area contributed by atoms with Crippen LogP contribution < -0.4 is 10.5 Å². The molecule has 9 heteroatoms. The highest BCUT2D eigenvalue weighted by Gasteiger charge is 2.16. The van der Waals surface area contributed by atoms with Crippen molar-refractivity contribution < 1.29 is 8.42 Å². The van der Waals surface area contributed by atoms with E-state index in [1.165, 1.54) is 24.7 Å². The quantitative estimate of drug-likeness (QED) is 0.766. The summed E-state index contributed by atoms with van der Waals surface area (Å²) in [7, 11) is -3.81. The molecule has 0 aliphatic rings. The van der Waals surface area contributed by atoms with Crippen molar-refractivity contribution in [1.29, 1.82) is 0 Å². The van der Waals surface area contributed by atoms with Crippen molar-refractivity contribution in [2.24, 2.45) is 5.73 Å². The number of aromatic nitrogens is 4. The van der Waals surface area contributed by atoms with Crippen molar-refractivity contribution in [3.8, 4) is 0 Å². The zero-order valence-corrected chi connectivity index (χ0v) is 10.0. The van der Waals surface area contributed by atoms with E-state index in [0.29, 0.717) is 6.54 Å². The minimum Gasteiger partial charge on any atom is -0.326 e. The Labute approximate surface area is 103 Å². The zero-order valence-electron chi connectivity index (χ0n) is 9.18. The maximum absolute atomic E-state index is 11.9. The summed E-state index contributed by atoms with van der Waals surface area (Å²) in [5.74, 6) is -0.109. The lowest BCUT2D eigenvalue weighted by Crippen LogP contribution is -2.16. The molecule has 2 aromatic rings. The van der Waals surface area contributed by atoms with Gasteiger partial charge in [0, 0.05) is 12.7 Å². The molecule has 94 valence electrons. The van der Waals surface area contributed by atoms with Crippen LogP contribution in [0.3, 0.4) is 0 Å². The number of nitrogens with zero attached hydrogens (tertiary/aromatic N) is 4. The highest BCUT2D eigenvalue weighted by Crippen LogP contribution is 2.10. The number of hydrogen-bond donors (Lipinski definition) is 2. The van der Waals surface area contributed by atoms with Crippen LogP contribution in [0.5, 0.6) is 0 Å². The fraction of sp³-hybridized carbons (Fsp3) is 0.111. The highest BCUT2D eigenvalue weighted by molar-refractivity contribution is 7.92. The van der Waals surface area contributed by atoms with E-state index >= 15 is 0 Å². The molecule has 0 saturated heterocycles. The number of rotatable bonds is 4. The molecule has 0 aromatic carbocycles. The van der Waals surface area contributed by atoms with Crippen LogP contribution in [0.15, 0.2) is 35.7 Å². The average Bonchev–Trinajstić information content (AvgIpc) is 2.39. The van der Waals surface area contributed by atoms with Crippen molar-refractivity contribution >= 4 is 16.0 Å². The largest absolute Gasteiger partial charge is 0.326 e. The minimum absolute atomic E-state index is 0.109. The van der Waals surface area contributed by atoms with Crippen molar-refractivity contribution in [3.63, 3.8) is 0 Å². The van der Waals surface area contributed by atoms with Crippen LogP contribution in [0.2, 0.25) is 0 Å². The molecule has 2 heterocycles. The van der Waals surface area contributed by atoms with Crippen LogP contribution in [-0.2, 0) is 16.6 Å². The van der Waals surface area contributed by atoms with Gasteiger partial charge in [-0.15, -0.1) is 5.10 Å². The molecule has 18 heavy (non-hydrogen) atoms. The third-order valence-electron chi connectivity index (χ3n) is 2.02. The molecule has 0 saturated carbocycles. The zero-order chi connectivity index (χ0) is 13.0. The van der Waals surface area contributed by atoms with E-state index in [-0.39, 0.29) is 11.0 Å². The lowest BCUT2D eigenvalue weighted by atomic mass is 10.3. The summed E-state index contributed by atoms with van der Waals surface area (Å²) in [6.07, 6.45) is 4.07. The molecular formula is C9H10N6O2S. The Morgan fingerprint density at radius 3 is 2.61 bits per heavy atom. The monoisotopic (exact) mass is 266 g/mol. The van der Waals surface area contributed by atoms with Crippen molar-refractivity contribution in [2.45, 2.75) is 11.6 Å². The summed E-state index contributed by atoms with van der Waals surface area (Å²) in [6.45, 7) is 0.298. The van der Waals surface area contributed by atoms with Gasteiger partial charge in [0.25, 0.3) is 16.0 Å². The van der Waals surface area contributed by atoms with Crippen LogP contribution in [0.1, 0.15) is 5.56 Å². The first-order valence-electron chi connectivity index (χ1n) is 4.93. The molecular weight excluding hydrogens is 256 g/mol. The van der Waals surface area contributed by atoms with Gasteiger partial charge >= 0.3 is 0 Å². The first-order chi connectivity index (χ1) is 8.62. The van der Waals surface area contributed by atoms with Gasteiger partial charge in [-0.2, -0.15) is 13.5 Å². The molecule has 3 N–H and O–H groups in total. The number of sulfonamides is 1. The summed E-state index contributed by atoms with van der Waals surface area (Å²) in [5, 5.41) is 6.91. The molecule has 0 atom stereocenters. The number of hydrogen-bond acceptors (Lipinski definition) is 7. The van der Waals surface area contributed by atoms with Gasteiger partial charge in [-0.1, -0.05) is 6.07 Å². The molecule has 2 aromatic heterocycles. The molecule has 0 aliphatic carbocycles. The van der Waals surface area contributed by atoms with Gasteiger partial charge in [0.2, 0.25) is 0 Å². The Hall–Kier alpha value is -2.13. The lowest BCUT2D eigenvalue weighted by Gasteiger charge is -2.05. The van der Waals surface area contributed by atoms with Crippen molar-refractivity contribution in [3.05, 3.63) is 36.3 Å². The van der Waals surface area contributed by atoms with E-state index in [4.69, 9.17) is 5.73 Å². The Balaban J connectivity index is 2.25. The molecule has 0 unspecified atom stereocenters. The molecule has 0 amide bonds. The molecule has 0 radical (unpaired) electrons. The fourth-order valence-electron chi connectivity index (χ4n) is 1.16. The number of nitrogens with two attached hydrogens (primary N) is 1. The summed E-state index contributed by atoms with van der Waals surface area (Å²) in [6, 6.07) is 2.95. The Morgan fingerprint density at radius 1 is 1.22 bits per heavy atom. The molecule has 0 fully saturated rings. The second kappa shape index (κ2) is 5.02. The van der Waals surface area contributed by atoms with Gasteiger partial charge < -0.3 is 5.73 Å². The second-order valence-corrected chi connectivity index (χ2v) is 4.91. The van der Waals surface area contributed by atoms with E-state index in [1.807, 2.05) is 0 Å². The van der Waals surface area contributed by atoms with Gasteiger partial charge in [-0.3, -0.25) is 0 Å². The topological polar surface area (TPSA) is 124 Å². The van der Waals surface area contributed by atoms with Crippen molar-refractivity contribution in [2.75, 3.05) is 4.72 Å². The van der Waals surface area contributed by atoms with E-state index in [9.17, 15) is 8.42 Å². The SMILES string of the molecule is NCc1ccc(S(=O)(=O)Nc2nccnn2)nc1. The fourth-order valence-corrected chi connectivity index (χ4v) is 2.03. The number of anilines is 1. The van der Waals surface area contributed by atoms with Gasteiger partial charge in [0.1, 0.15) is 0 Å². The molecule has 0 bridgehead atoms. The summed E-state index contributed by atoms with van der Waals surface area (Å²) in [4.78, 5) is 7.52. The summed E-state index contributed by atoms with van der Waals surface area (Å²) < 4.78 is 25.9. The van der Waals surface area contributed by atoms with Gasteiger partial charge in [-0.25, -0.2) is 14.7 Å². The molecule has 8 nitrogen and oxygen atoms in total. The first kappa shape index (κ1) is 12.3. The third-order valence-corrected chi connectivity index (χ3v) is 3.26. The predicted molar refractivity (Wildman–Crippen MR) is 62.8 cm³/mol. The van der Waals surface area contributed by atoms with Crippen LogP contribution in [0.25, 0.3) is 0 Å². The normalized spacial score (nSPS) is 11.2. The predicted octanol–water partition coefficient (Wildman–Crippen LogP) is -0.474. The third kappa shape index (κ3) is 2.76. The Kier molecular flexibility index (Phi) is 3.44. The van der Waals surface area contributed by atoms with Crippen molar-refractivity contribution in [1.82, 2.24) is 20.2 Å². The molecule has 0 spiro atoms. The standard InChI is InChI=1S/C9H10N6O2S/c10-5-7-1-2-8(12-6-7)18(16,17)15-9-11-3-4-13-14-9/h1-4,6H,5,10H2,(H,11,14,15). The maximum Gasteiger partial charge on any atom is 0.281 e. The second-order valence-electron chi connectivity index (χ2n) is 3.28. The van der Waals surface area contributed by atoms with Crippen LogP contribution in [0.4, 0.5) is 5.95 Å². The molecule has 0 aliphatic heterocycles. The van der Waals surface area contributed by atoms with Gasteiger partial charge in [0.15, 0.2) is 5.03 Å². The van der Waals surface area contributed by atoms with E-state index in [1.54, 1.807) is 6.07 Å². The van der Waals surface area contributed by atoms with E-state index < -0.39 is 10.0 Å².